The maximum Gasteiger partial charge on any atom is 0.416 e. The van der Waals surface area contributed by atoms with Crippen molar-refractivity contribution in [2.75, 3.05) is 29.8 Å². The average molecular weight is 500 g/mol. The number of hydrogen-bond acceptors (Lipinski definition) is 6. The van der Waals surface area contributed by atoms with Crippen molar-refractivity contribution < 1.29 is 21.6 Å². The maximum atomic E-state index is 12.8. The number of aromatic nitrogens is 2. The summed E-state index contributed by atoms with van der Waals surface area (Å²) in [6.45, 7) is 4.43. The van der Waals surface area contributed by atoms with Gasteiger partial charge in [-0.1, -0.05) is 25.3 Å². The predicted molar refractivity (Wildman–Crippen MR) is 128 cm³/mol. The number of nitrogens with one attached hydrogen (secondary N) is 1. The number of aryl methyl sites for hydroxylation is 1. The molecule has 188 valence electrons. The van der Waals surface area contributed by atoms with Gasteiger partial charge in [0.15, 0.2) is 0 Å². The molecular weight excluding hydrogens is 467 g/mol. The molecule has 3 N–H and O–H groups in total. The fourth-order valence-electron chi connectivity index (χ4n) is 4.54. The van der Waals surface area contributed by atoms with Gasteiger partial charge in [0.2, 0.25) is 10.0 Å². The van der Waals surface area contributed by atoms with E-state index in [9.17, 15) is 21.6 Å². The molecule has 0 amide bonds. The van der Waals surface area contributed by atoms with E-state index in [0.29, 0.717) is 11.6 Å². The van der Waals surface area contributed by atoms with Gasteiger partial charge in [0.25, 0.3) is 0 Å². The first-order valence-electron chi connectivity index (χ1n) is 11.5. The number of sulfonamides is 1. The number of nitrogens with two attached hydrogens (primary N) is 1. The Kier molecular flexibility index (Phi) is 8.40. The van der Waals surface area contributed by atoms with E-state index in [0.717, 1.165) is 24.4 Å². The highest BCUT2D eigenvalue weighted by atomic mass is 32.2. The maximum absolute atomic E-state index is 12.8. The number of nitrogen functional groups attached to an aromatic ring is 1. The summed E-state index contributed by atoms with van der Waals surface area (Å²) in [7, 11) is -3.78. The SMILES string of the molecule is C1CCN(C2CCCC2)CC1.Cc1cc(N)nnc1-c1ccc(C(F)(F)F)cc1NS(C)(=O)=O. The van der Waals surface area contributed by atoms with Crippen LogP contribution in [0.25, 0.3) is 11.3 Å². The Hall–Kier alpha value is -2.40. The Morgan fingerprint density at radius 2 is 1.68 bits per heavy atom. The summed E-state index contributed by atoms with van der Waals surface area (Å²) in [6.07, 6.45) is 6.57. The van der Waals surface area contributed by atoms with Crippen molar-refractivity contribution in [3.05, 3.63) is 35.4 Å². The number of anilines is 2. The Labute approximate surface area is 199 Å². The van der Waals surface area contributed by atoms with Crippen molar-refractivity contribution in [1.29, 1.82) is 0 Å². The molecule has 1 aliphatic carbocycles. The molecule has 0 bridgehead atoms. The third kappa shape index (κ3) is 7.30. The van der Waals surface area contributed by atoms with Gasteiger partial charge in [-0.3, -0.25) is 4.72 Å². The van der Waals surface area contributed by atoms with Gasteiger partial charge >= 0.3 is 6.18 Å². The molecule has 2 fully saturated rings. The highest BCUT2D eigenvalue weighted by molar-refractivity contribution is 7.92. The molecule has 34 heavy (non-hydrogen) atoms. The van der Waals surface area contributed by atoms with Crippen molar-refractivity contribution in [3.63, 3.8) is 0 Å². The van der Waals surface area contributed by atoms with Gasteiger partial charge in [0, 0.05) is 11.6 Å². The van der Waals surface area contributed by atoms with Crippen LogP contribution in [-0.2, 0) is 16.2 Å². The Bertz CT molecular complexity index is 1080. The van der Waals surface area contributed by atoms with E-state index >= 15 is 0 Å². The zero-order valence-corrected chi connectivity index (χ0v) is 20.3. The van der Waals surface area contributed by atoms with E-state index < -0.39 is 21.8 Å². The van der Waals surface area contributed by atoms with Gasteiger partial charge in [-0.15, -0.1) is 10.2 Å². The molecule has 1 saturated carbocycles. The van der Waals surface area contributed by atoms with Gasteiger partial charge in [0.1, 0.15) is 5.82 Å². The predicted octanol–water partition coefficient (Wildman–Crippen LogP) is 4.84. The fraction of sp³-hybridized carbons (Fsp3) is 0.565. The normalized spacial score (nSPS) is 17.8. The standard InChI is InChI=1S/C13H13F3N4O2S.C10H19N/c1-7-5-11(17)18-19-12(7)9-4-3-8(13(14,15)16)6-10(9)20-23(2,21)22;1-4-8-11(9-5-1)10-6-2-3-7-10/h3-6,20H,1-2H3,(H2,17,18);10H,1-9H2. The van der Waals surface area contributed by atoms with Crippen LogP contribution in [0.5, 0.6) is 0 Å². The van der Waals surface area contributed by atoms with Crippen LogP contribution in [0, 0.1) is 6.92 Å². The van der Waals surface area contributed by atoms with Crippen LogP contribution in [0.15, 0.2) is 24.3 Å². The minimum atomic E-state index is -4.60. The summed E-state index contributed by atoms with van der Waals surface area (Å²) in [5.74, 6) is 0.149. The molecule has 2 aromatic rings. The summed E-state index contributed by atoms with van der Waals surface area (Å²) >= 11 is 0. The highest BCUT2D eigenvalue weighted by Gasteiger charge is 2.31. The van der Waals surface area contributed by atoms with Crippen LogP contribution in [0.3, 0.4) is 0 Å². The lowest BCUT2D eigenvalue weighted by molar-refractivity contribution is -0.137. The molecule has 1 aromatic carbocycles. The molecule has 1 aliphatic heterocycles. The van der Waals surface area contributed by atoms with Crippen molar-refractivity contribution in [2.45, 2.75) is 64.1 Å². The Balaban J connectivity index is 0.000000243. The van der Waals surface area contributed by atoms with Crippen molar-refractivity contribution in [3.8, 4) is 11.3 Å². The number of halogens is 3. The van der Waals surface area contributed by atoms with Crippen LogP contribution in [0.4, 0.5) is 24.7 Å². The first kappa shape index (κ1) is 26.2. The molecule has 4 rings (SSSR count). The summed E-state index contributed by atoms with van der Waals surface area (Å²) in [5.41, 5.74) is 5.24. The summed E-state index contributed by atoms with van der Waals surface area (Å²) in [5, 5.41) is 7.49. The third-order valence-electron chi connectivity index (χ3n) is 6.13. The molecule has 1 aromatic heterocycles. The molecule has 0 unspecified atom stereocenters. The molecular formula is C23H32F3N5O2S. The topological polar surface area (TPSA) is 101 Å². The third-order valence-corrected chi connectivity index (χ3v) is 6.72. The molecule has 7 nitrogen and oxygen atoms in total. The van der Waals surface area contributed by atoms with Crippen molar-refractivity contribution in [2.24, 2.45) is 0 Å². The van der Waals surface area contributed by atoms with Crippen LogP contribution in [-0.4, -0.2) is 48.9 Å². The first-order chi connectivity index (χ1) is 15.9. The second-order valence-electron chi connectivity index (χ2n) is 8.97. The van der Waals surface area contributed by atoms with E-state index in [1.165, 1.54) is 64.1 Å². The molecule has 2 aliphatic rings. The minimum Gasteiger partial charge on any atom is -0.382 e. The van der Waals surface area contributed by atoms with Gasteiger partial charge in [-0.2, -0.15) is 13.2 Å². The molecule has 0 radical (unpaired) electrons. The second-order valence-corrected chi connectivity index (χ2v) is 10.7. The van der Waals surface area contributed by atoms with Crippen molar-refractivity contribution >= 4 is 21.5 Å². The average Bonchev–Trinajstić information content (AvgIpc) is 3.29. The number of piperidine rings is 1. The van der Waals surface area contributed by atoms with Crippen LogP contribution < -0.4 is 10.5 Å². The molecule has 11 heteroatoms. The summed E-state index contributed by atoms with van der Waals surface area (Å²) in [6, 6.07) is 5.18. The number of nitrogens with zero attached hydrogens (tertiary/aromatic N) is 3. The summed E-state index contributed by atoms with van der Waals surface area (Å²) < 4.78 is 63.5. The zero-order chi connectivity index (χ0) is 24.9. The number of hydrogen-bond donors (Lipinski definition) is 2. The smallest absolute Gasteiger partial charge is 0.382 e. The lowest BCUT2D eigenvalue weighted by Gasteiger charge is -2.31. The van der Waals surface area contributed by atoms with Crippen LogP contribution >= 0.6 is 0 Å². The fourth-order valence-corrected chi connectivity index (χ4v) is 5.10. The monoisotopic (exact) mass is 499 g/mol. The van der Waals surface area contributed by atoms with Gasteiger partial charge in [0.05, 0.1) is 23.2 Å². The summed E-state index contributed by atoms with van der Waals surface area (Å²) in [4.78, 5) is 2.73. The van der Waals surface area contributed by atoms with E-state index in [1.807, 2.05) is 0 Å². The lowest BCUT2D eigenvalue weighted by atomic mass is 10.0. The molecule has 0 spiro atoms. The Morgan fingerprint density at radius 3 is 2.24 bits per heavy atom. The number of rotatable bonds is 4. The van der Waals surface area contributed by atoms with Crippen molar-refractivity contribution in [1.82, 2.24) is 15.1 Å². The Morgan fingerprint density at radius 1 is 1.03 bits per heavy atom. The van der Waals surface area contributed by atoms with Gasteiger partial charge in [-0.25, -0.2) is 8.42 Å². The van der Waals surface area contributed by atoms with Crippen LogP contribution in [0.2, 0.25) is 0 Å². The lowest BCUT2D eigenvalue weighted by Crippen LogP contribution is -2.37. The minimum absolute atomic E-state index is 0.149. The quantitative estimate of drug-likeness (QED) is 0.624. The highest BCUT2D eigenvalue weighted by Crippen LogP contribution is 2.36. The van der Waals surface area contributed by atoms with E-state index in [1.54, 1.807) is 6.92 Å². The second kappa shape index (κ2) is 10.9. The van der Waals surface area contributed by atoms with E-state index in [2.05, 4.69) is 19.8 Å². The van der Waals surface area contributed by atoms with E-state index in [-0.39, 0.29) is 22.8 Å². The first-order valence-corrected chi connectivity index (χ1v) is 13.4. The largest absolute Gasteiger partial charge is 0.416 e. The number of alkyl halides is 3. The molecule has 1 saturated heterocycles. The molecule has 2 heterocycles. The van der Waals surface area contributed by atoms with E-state index in [4.69, 9.17) is 5.73 Å². The number of likely N-dealkylation sites (tertiary alicyclic amines) is 1. The van der Waals surface area contributed by atoms with Gasteiger partial charge in [-0.05, 0) is 69.5 Å². The molecule has 0 atom stereocenters. The van der Waals surface area contributed by atoms with Gasteiger partial charge < -0.3 is 10.6 Å². The van der Waals surface area contributed by atoms with Crippen LogP contribution in [0.1, 0.15) is 56.1 Å². The zero-order valence-electron chi connectivity index (χ0n) is 19.5. The number of benzene rings is 1.